The highest BCUT2D eigenvalue weighted by molar-refractivity contribution is 6.33. The molecule has 2 aromatic carbocycles. The second-order valence-corrected chi connectivity index (χ2v) is 9.08. The van der Waals surface area contributed by atoms with E-state index in [1.807, 2.05) is 32.0 Å². The molecule has 0 bridgehead atoms. The molecular weight excluding hydrogens is 514 g/mol. The number of alkyl halides is 3. The molecule has 4 aromatic rings. The van der Waals surface area contributed by atoms with Gasteiger partial charge in [-0.2, -0.15) is 13.2 Å². The monoisotopic (exact) mass is 533 g/mol. The number of nitrogens with one attached hydrogen (secondary N) is 2. The summed E-state index contributed by atoms with van der Waals surface area (Å²) < 4.78 is 37.9. The molecule has 0 unspecified atom stereocenters. The van der Waals surface area contributed by atoms with E-state index in [1.165, 1.54) is 0 Å². The summed E-state index contributed by atoms with van der Waals surface area (Å²) in [7, 11) is 0. The number of hydrogen-bond donors (Lipinski definition) is 2. The third kappa shape index (κ3) is 5.85. The Labute approximate surface area is 214 Å². The number of carbonyl (C=O) groups is 1. The van der Waals surface area contributed by atoms with E-state index in [9.17, 15) is 18.0 Å². The fourth-order valence-electron chi connectivity index (χ4n) is 3.51. The van der Waals surface area contributed by atoms with Crippen LogP contribution in [0.2, 0.25) is 10.0 Å². The van der Waals surface area contributed by atoms with E-state index in [0.717, 1.165) is 5.56 Å². The molecule has 0 atom stereocenters. The first kappa shape index (κ1) is 25.7. The van der Waals surface area contributed by atoms with Crippen molar-refractivity contribution >= 4 is 46.0 Å². The molecule has 1 amide bonds. The molecule has 2 aromatic heterocycles. The number of pyridine rings is 1. The molecule has 2 N–H and O–H groups in total. The van der Waals surface area contributed by atoms with Gasteiger partial charge in [-0.05, 0) is 43.7 Å². The van der Waals surface area contributed by atoms with Crippen molar-refractivity contribution in [2.45, 2.75) is 26.1 Å². The summed E-state index contributed by atoms with van der Waals surface area (Å²) >= 11 is 12.6. The molecule has 0 fully saturated rings. The van der Waals surface area contributed by atoms with Gasteiger partial charge in [-0.1, -0.05) is 53.5 Å². The van der Waals surface area contributed by atoms with Gasteiger partial charge in [0.15, 0.2) is 5.65 Å². The van der Waals surface area contributed by atoms with Gasteiger partial charge in [0.25, 0.3) is 5.91 Å². The van der Waals surface area contributed by atoms with Gasteiger partial charge < -0.3 is 10.6 Å². The third-order valence-electron chi connectivity index (χ3n) is 5.05. The molecule has 0 aliphatic heterocycles. The van der Waals surface area contributed by atoms with Crippen LogP contribution in [-0.4, -0.2) is 39.6 Å². The summed E-state index contributed by atoms with van der Waals surface area (Å²) in [6.07, 6.45) is -4.57. The first-order valence-electron chi connectivity index (χ1n) is 10.9. The van der Waals surface area contributed by atoms with Gasteiger partial charge >= 0.3 is 6.18 Å². The maximum absolute atomic E-state index is 12.6. The van der Waals surface area contributed by atoms with Crippen molar-refractivity contribution in [2.24, 2.45) is 0 Å². The summed E-state index contributed by atoms with van der Waals surface area (Å²) in [5, 5.41) is 6.42. The van der Waals surface area contributed by atoms with Crippen LogP contribution in [0.4, 0.5) is 19.0 Å². The van der Waals surface area contributed by atoms with Gasteiger partial charge in [0.1, 0.15) is 12.4 Å². The maximum Gasteiger partial charge on any atom is 0.405 e. The molecule has 0 saturated heterocycles. The Bertz CT molecular complexity index is 1430. The molecule has 6 nitrogen and oxygen atoms in total. The fraction of sp³-hybridized carbons (Fsp3) is 0.200. The molecular formula is C25H20Cl2F3N5O. The van der Waals surface area contributed by atoms with Gasteiger partial charge in [0.05, 0.1) is 11.1 Å². The van der Waals surface area contributed by atoms with Crippen molar-refractivity contribution < 1.29 is 18.0 Å². The number of hydrogen-bond acceptors (Lipinski definition) is 5. The highest BCUT2D eigenvalue weighted by Gasteiger charge is 2.29. The van der Waals surface area contributed by atoms with E-state index in [4.69, 9.17) is 28.2 Å². The van der Waals surface area contributed by atoms with Crippen molar-refractivity contribution in [1.29, 1.82) is 0 Å². The predicted molar refractivity (Wildman–Crippen MR) is 135 cm³/mol. The molecule has 0 saturated carbocycles. The van der Waals surface area contributed by atoms with Crippen LogP contribution in [0.5, 0.6) is 0 Å². The topological polar surface area (TPSA) is 79.8 Å². The van der Waals surface area contributed by atoms with E-state index >= 15 is 0 Å². The van der Waals surface area contributed by atoms with Crippen molar-refractivity contribution in [3.63, 3.8) is 0 Å². The second-order valence-electron chi connectivity index (χ2n) is 8.24. The molecule has 0 radical (unpaired) electrons. The standard InChI is InChI=1S/C25H20Cl2F3N5O/c1-13(2)32-21-18-11-17(14-7-9-15(26)10-8-14)20(16-5-3-4-6-19(16)27)33-22(18)35-23(34-21)24(36)31-12-25(28,29)30/h3-11,13H,12H2,1-2H3,(H,31,36)(H,32,33,34,35). The fourth-order valence-corrected chi connectivity index (χ4v) is 3.86. The molecule has 11 heteroatoms. The minimum atomic E-state index is -4.57. The molecule has 2 heterocycles. The highest BCUT2D eigenvalue weighted by atomic mass is 35.5. The third-order valence-corrected chi connectivity index (χ3v) is 5.63. The van der Waals surface area contributed by atoms with Gasteiger partial charge in [-0.15, -0.1) is 0 Å². The minimum Gasteiger partial charge on any atom is -0.367 e. The smallest absolute Gasteiger partial charge is 0.367 e. The van der Waals surface area contributed by atoms with E-state index in [1.54, 1.807) is 41.7 Å². The Morgan fingerprint density at radius 3 is 2.31 bits per heavy atom. The maximum atomic E-state index is 12.6. The summed E-state index contributed by atoms with van der Waals surface area (Å²) in [5.74, 6) is -1.24. The second kappa shape index (κ2) is 10.3. The van der Waals surface area contributed by atoms with Crippen molar-refractivity contribution in [2.75, 3.05) is 11.9 Å². The van der Waals surface area contributed by atoms with Crippen molar-refractivity contribution in [3.8, 4) is 22.4 Å². The Kier molecular flexibility index (Phi) is 7.33. The number of anilines is 1. The Hall–Kier alpha value is -3.43. The number of benzene rings is 2. The van der Waals surface area contributed by atoms with Gasteiger partial charge in [-0.3, -0.25) is 4.79 Å². The van der Waals surface area contributed by atoms with E-state index in [2.05, 4.69) is 15.3 Å². The molecule has 0 spiro atoms. The highest BCUT2D eigenvalue weighted by Crippen LogP contribution is 2.38. The molecule has 36 heavy (non-hydrogen) atoms. The van der Waals surface area contributed by atoms with Gasteiger partial charge in [0, 0.05) is 27.2 Å². The first-order valence-corrected chi connectivity index (χ1v) is 11.6. The van der Waals surface area contributed by atoms with Crippen LogP contribution in [0, 0.1) is 0 Å². The van der Waals surface area contributed by atoms with Crippen LogP contribution < -0.4 is 10.6 Å². The van der Waals surface area contributed by atoms with Crippen LogP contribution in [0.3, 0.4) is 0 Å². The van der Waals surface area contributed by atoms with E-state index < -0.39 is 24.5 Å². The Morgan fingerprint density at radius 2 is 1.67 bits per heavy atom. The van der Waals surface area contributed by atoms with E-state index in [-0.39, 0.29) is 17.5 Å². The average molecular weight is 534 g/mol. The number of fused-ring (bicyclic) bond motifs is 1. The number of nitrogens with zero attached hydrogens (tertiary/aromatic N) is 3. The SMILES string of the molecule is CC(C)Nc1nc(C(=O)NCC(F)(F)F)nc2nc(-c3ccccc3Cl)c(-c3ccc(Cl)cc3)cc12. The number of halogens is 5. The summed E-state index contributed by atoms with van der Waals surface area (Å²) in [4.78, 5) is 25.6. The lowest BCUT2D eigenvalue weighted by atomic mass is 9.98. The summed E-state index contributed by atoms with van der Waals surface area (Å²) in [6, 6.07) is 16.0. The van der Waals surface area contributed by atoms with Crippen LogP contribution >= 0.6 is 23.2 Å². The van der Waals surface area contributed by atoms with Crippen LogP contribution in [-0.2, 0) is 0 Å². The molecule has 0 aliphatic rings. The Morgan fingerprint density at radius 1 is 0.972 bits per heavy atom. The van der Waals surface area contributed by atoms with Gasteiger partial charge in [-0.25, -0.2) is 15.0 Å². The van der Waals surface area contributed by atoms with Crippen molar-refractivity contribution in [3.05, 3.63) is 70.5 Å². The van der Waals surface area contributed by atoms with Crippen molar-refractivity contribution in [1.82, 2.24) is 20.3 Å². The predicted octanol–water partition coefficient (Wildman–Crippen LogP) is 6.78. The zero-order chi connectivity index (χ0) is 26.0. The number of aromatic nitrogens is 3. The number of carbonyl (C=O) groups excluding carboxylic acids is 1. The lowest BCUT2D eigenvalue weighted by Gasteiger charge is -2.17. The van der Waals surface area contributed by atoms with Gasteiger partial charge in [0.2, 0.25) is 5.82 Å². The Balaban J connectivity index is 1.96. The lowest BCUT2D eigenvalue weighted by Crippen LogP contribution is -2.34. The number of rotatable bonds is 6. The lowest BCUT2D eigenvalue weighted by molar-refractivity contribution is -0.123. The average Bonchev–Trinajstić information content (AvgIpc) is 2.82. The largest absolute Gasteiger partial charge is 0.405 e. The normalized spacial score (nSPS) is 11.7. The zero-order valence-corrected chi connectivity index (χ0v) is 20.6. The quantitative estimate of drug-likeness (QED) is 0.285. The number of amides is 1. The molecule has 4 rings (SSSR count). The summed E-state index contributed by atoms with van der Waals surface area (Å²) in [6.45, 7) is 2.22. The van der Waals surface area contributed by atoms with E-state index in [0.29, 0.717) is 32.3 Å². The van der Waals surface area contributed by atoms with Crippen LogP contribution in [0.1, 0.15) is 24.5 Å². The van der Waals surface area contributed by atoms with Crippen LogP contribution in [0.15, 0.2) is 54.6 Å². The molecule has 0 aliphatic carbocycles. The zero-order valence-electron chi connectivity index (χ0n) is 19.1. The minimum absolute atomic E-state index is 0.101. The summed E-state index contributed by atoms with van der Waals surface area (Å²) in [5.41, 5.74) is 2.72. The van der Waals surface area contributed by atoms with Crippen LogP contribution in [0.25, 0.3) is 33.4 Å². The first-order chi connectivity index (χ1) is 17.0. The molecule has 186 valence electrons.